The van der Waals surface area contributed by atoms with Crippen LogP contribution in [-0.2, 0) is 16.0 Å². The zero-order valence-corrected chi connectivity index (χ0v) is 15.9. The van der Waals surface area contributed by atoms with Crippen molar-refractivity contribution >= 4 is 27.9 Å². The van der Waals surface area contributed by atoms with E-state index in [4.69, 9.17) is 4.74 Å². The van der Waals surface area contributed by atoms with E-state index in [1.165, 1.54) is 0 Å². The smallest absolute Gasteiger partial charge is 0.407 e. The molecule has 1 aliphatic rings. The van der Waals surface area contributed by atoms with Crippen LogP contribution in [0.1, 0.15) is 39.3 Å². The number of rotatable bonds is 3. The van der Waals surface area contributed by atoms with Crippen molar-refractivity contribution in [1.29, 1.82) is 0 Å². The SMILES string of the molecule is CC(C)(C)OC(=O)NC1CCCN(C(=O)Cc2ccc(Br)cn2)C1. The average Bonchev–Trinajstić information content (AvgIpc) is 2.48. The lowest BCUT2D eigenvalue weighted by molar-refractivity contribution is -0.131. The molecule has 0 bridgehead atoms. The maximum atomic E-state index is 12.4. The molecule has 2 heterocycles. The summed E-state index contributed by atoms with van der Waals surface area (Å²) in [4.78, 5) is 30.3. The van der Waals surface area contributed by atoms with Gasteiger partial charge in [-0.2, -0.15) is 0 Å². The summed E-state index contributed by atoms with van der Waals surface area (Å²) in [6.45, 7) is 6.70. The Labute approximate surface area is 151 Å². The number of halogens is 1. The van der Waals surface area contributed by atoms with Gasteiger partial charge in [-0.1, -0.05) is 0 Å². The molecule has 2 amide bonds. The van der Waals surface area contributed by atoms with Crippen LogP contribution in [0, 0.1) is 0 Å². The Bertz CT molecular complexity index is 584. The van der Waals surface area contributed by atoms with E-state index in [9.17, 15) is 9.59 Å². The second kappa shape index (κ2) is 7.96. The van der Waals surface area contributed by atoms with Crippen LogP contribution in [0.2, 0.25) is 0 Å². The number of alkyl carbamates (subject to hydrolysis) is 1. The van der Waals surface area contributed by atoms with Gasteiger partial charge >= 0.3 is 6.09 Å². The number of nitrogens with zero attached hydrogens (tertiary/aromatic N) is 2. The predicted molar refractivity (Wildman–Crippen MR) is 94.6 cm³/mol. The Hall–Kier alpha value is -1.63. The van der Waals surface area contributed by atoms with E-state index < -0.39 is 11.7 Å². The number of piperidine rings is 1. The van der Waals surface area contributed by atoms with Gasteiger partial charge in [0.05, 0.1) is 6.42 Å². The number of carbonyl (C=O) groups is 2. The number of ether oxygens (including phenoxy) is 1. The number of carbonyl (C=O) groups excluding carboxylic acids is 2. The summed E-state index contributed by atoms with van der Waals surface area (Å²) in [5, 5.41) is 2.85. The molecule has 24 heavy (non-hydrogen) atoms. The number of nitrogens with one attached hydrogen (secondary N) is 1. The molecule has 0 radical (unpaired) electrons. The number of likely N-dealkylation sites (tertiary alicyclic amines) is 1. The topological polar surface area (TPSA) is 71.5 Å². The lowest BCUT2D eigenvalue weighted by Crippen LogP contribution is -2.50. The standard InChI is InChI=1S/C17H24BrN3O3/c1-17(2,3)24-16(23)20-14-5-4-8-21(11-14)15(22)9-13-7-6-12(18)10-19-13/h6-7,10,14H,4-5,8-9,11H2,1-3H3,(H,20,23). The van der Waals surface area contributed by atoms with E-state index >= 15 is 0 Å². The van der Waals surface area contributed by atoms with Gasteiger partial charge in [-0.3, -0.25) is 9.78 Å². The first-order valence-corrected chi connectivity index (χ1v) is 8.90. The molecule has 0 aliphatic carbocycles. The third-order valence-corrected chi connectivity index (χ3v) is 4.09. The predicted octanol–water partition coefficient (Wildman–Crippen LogP) is 2.90. The van der Waals surface area contributed by atoms with Crippen molar-refractivity contribution in [3.63, 3.8) is 0 Å². The molecule has 1 aromatic heterocycles. The Morgan fingerprint density at radius 3 is 2.79 bits per heavy atom. The highest BCUT2D eigenvalue weighted by Gasteiger charge is 2.26. The van der Waals surface area contributed by atoms with Crippen molar-refractivity contribution in [2.75, 3.05) is 13.1 Å². The van der Waals surface area contributed by atoms with Crippen LogP contribution in [0.15, 0.2) is 22.8 Å². The van der Waals surface area contributed by atoms with Gasteiger partial charge in [0.1, 0.15) is 5.60 Å². The Morgan fingerprint density at radius 1 is 1.42 bits per heavy atom. The Kier molecular flexibility index (Phi) is 6.21. The zero-order valence-electron chi connectivity index (χ0n) is 14.3. The van der Waals surface area contributed by atoms with Gasteiger partial charge in [-0.25, -0.2) is 4.79 Å². The molecule has 132 valence electrons. The molecule has 0 saturated carbocycles. The number of hydrogen-bond acceptors (Lipinski definition) is 4. The van der Waals surface area contributed by atoms with Crippen molar-refractivity contribution in [1.82, 2.24) is 15.2 Å². The van der Waals surface area contributed by atoms with Gasteiger partial charge in [0.25, 0.3) is 0 Å². The van der Waals surface area contributed by atoms with Gasteiger partial charge < -0.3 is 15.0 Å². The van der Waals surface area contributed by atoms with Crippen LogP contribution in [0.5, 0.6) is 0 Å². The highest BCUT2D eigenvalue weighted by atomic mass is 79.9. The number of hydrogen-bond donors (Lipinski definition) is 1. The maximum Gasteiger partial charge on any atom is 0.407 e. The summed E-state index contributed by atoms with van der Waals surface area (Å²) < 4.78 is 6.16. The summed E-state index contributed by atoms with van der Waals surface area (Å²) in [6.07, 6.45) is 3.23. The van der Waals surface area contributed by atoms with Crippen LogP contribution in [0.3, 0.4) is 0 Å². The Morgan fingerprint density at radius 2 is 2.17 bits per heavy atom. The summed E-state index contributed by atoms with van der Waals surface area (Å²) in [5.74, 6) is 0.0283. The lowest BCUT2D eigenvalue weighted by atomic mass is 10.1. The minimum Gasteiger partial charge on any atom is -0.444 e. The molecule has 0 spiro atoms. The molecule has 2 rings (SSSR count). The minimum absolute atomic E-state index is 0.0283. The van der Waals surface area contributed by atoms with Gasteiger partial charge in [-0.15, -0.1) is 0 Å². The van der Waals surface area contributed by atoms with Crippen molar-refractivity contribution in [2.24, 2.45) is 0 Å². The van der Waals surface area contributed by atoms with Crippen molar-refractivity contribution in [3.05, 3.63) is 28.5 Å². The Balaban J connectivity index is 1.86. The van der Waals surface area contributed by atoms with E-state index in [0.717, 1.165) is 23.0 Å². The van der Waals surface area contributed by atoms with Gasteiger partial charge in [-0.05, 0) is 61.7 Å². The molecular formula is C17H24BrN3O3. The van der Waals surface area contributed by atoms with Gasteiger partial charge in [0, 0.05) is 35.5 Å². The quantitative estimate of drug-likeness (QED) is 0.850. The fraction of sp³-hybridized carbons (Fsp3) is 0.588. The van der Waals surface area contributed by atoms with E-state index in [-0.39, 0.29) is 18.4 Å². The van der Waals surface area contributed by atoms with Crippen molar-refractivity contribution in [2.45, 2.75) is 51.7 Å². The summed E-state index contributed by atoms with van der Waals surface area (Å²) in [5.41, 5.74) is 0.215. The van der Waals surface area contributed by atoms with Gasteiger partial charge in [0.15, 0.2) is 0 Å². The average molecular weight is 398 g/mol. The molecule has 1 atom stereocenters. The second-order valence-corrected chi connectivity index (χ2v) is 7.89. The maximum absolute atomic E-state index is 12.4. The molecular weight excluding hydrogens is 374 g/mol. The van der Waals surface area contributed by atoms with Crippen LogP contribution in [0.4, 0.5) is 4.79 Å². The highest BCUT2D eigenvalue weighted by molar-refractivity contribution is 9.10. The third-order valence-electron chi connectivity index (χ3n) is 3.62. The first-order valence-electron chi connectivity index (χ1n) is 8.10. The largest absolute Gasteiger partial charge is 0.444 e. The summed E-state index contributed by atoms with van der Waals surface area (Å²) in [7, 11) is 0. The zero-order chi connectivity index (χ0) is 17.7. The number of aromatic nitrogens is 1. The second-order valence-electron chi connectivity index (χ2n) is 6.97. The molecule has 1 aliphatic heterocycles. The van der Waals surface area contributed by atoms with E-state index in [1.54, 1.807) is 11.1 Å². The van der Waals surface area contributed by atoms with E-state index in [2.05, 4.69) is 26.2 Å². The first kappa shape index (κ1) is 18.7. The highest BCUT2D eigenvalue weighted by Crippen LogP contribution is 2.14. The number of amides is 2. The lowest BCUT2D eigenvalue weighted by Gasteiger charge is -2.33. The monoisotopic (exact) mass is 397 g/mol. The molecule has 6 nitrogen and oxygen atoms in total. The van der Waals surface area contributed by atoms with Crippen molar-refractivity contribution in [3.8, 4) is 0 Å². The summed E-state index contributed by atoms with van der Waals surface area (Å²) in [6, 6.07) is 3.64. The summed E-state index contributed by atoms with van der Waals surface area (Å²) >= 11 is 3.33. The van der Waals surface area contributed by atoms with Gasteiger partial charge in [0.2, 0.25) is 5.91 Å². The third kappa shape index (κ3) is 6.11. The fourth-order valence-electron chi connectivity index (χ4n) is 2.57. The van der Waals surface area contributed by atoms with Crippen LogP contribution in [0.25, 0.3) is 0 Å². The molecule has 7 heteroatoms. The minimum atomic E-state index is -0.526. The number of pyridine rings is 1. The molecule has 1 saturated heterocycles. The molecule has 0 aromatic carbocycles. The van der Waals surface area contributed by atoms with Crippen molar-refractivity contribution < 1.29 is 14.3 Å². The van der Waals surface area contributed by atoms with Crippen LogP contribution >= 0.6 is 15.9 Å². The molecule has 1 fully saturated rings. The first-order chi connectivity index (χ1) is 11.2. The van der Waals surface area contributed by atoms with Crippen LogP contribution < -0.4 is 5.32 Å². The van der Waals surface area contributed by atoms with E-state index in [0.29, 0.717) is 13.1 Å². The molecule has 1 aromatic rings. The molecule has 1 unspecified atom stereocenters. The molecule has 1 N–H and O–H groups in total. The van der Waals surface area contributed by atoms with E-state index in [1.807, 2.05) is 32.9 Å². The normalized spacial score (nSPS) is 18.2. The van der Waals surface area contributed by atoms with Crippen LogP contribution in [-0.4, -0.2) is 46.6 Å². The fourth-order valence-corrected chi connectivity index (χ4v) is 2.81.